The van der Waals surface area contributed by atoms with Crippen LogP contribution < -0.4 is 5.32 Å². The minimum absolute atomic E-state index is 0.0808. The molecule has 0 radical (unpaired) electrons. The largest absolute Gasteiger partial charge is 0.478 e. The lowest BCUT2D eigenvalue weighted by molar-refractivity contribution is -0.134. The van der Waals surface area contributed by atoms with Gasteiger partial charge >= 0.3 is 5.97 Å². The average Bonchev–Trinajstić information content (AvgIpc) is 2.27. The maximum absolute atomic E-state index is 11.6. The van der Waals surface area contributed by atoms with Gasteiger partial charge in [-0.2, -0.15) is 0 Å². The van der Waals surface area contributed by atoms with Crippen LogP contribution in [0.4, 0.5) is 5.82 Å². The molecule has 2 N–H and O–H groups in total. The molecule has 5 nitrogen and oxygen atoms in total. The van der Waals surface area contributed by atoms with Gasteiger partial charge in [-0.25, -0.2) is 9.78 Å². The fraction of sp³-hybridized carbons (Fsp3) is 0.182. The lowest BCUT2D eigenvalue weighted by atomic mass is 9.92. The van der Waals surface area contributed by atoms with E-state index in [1.54, 1.807) is 19.3 Å². The normalized spacial score (nSPS) is 14.1. The van der Waals surface area contributed by atoms with Gasteiger partial charge < -0.3 is 10.4 Å². The Bertz CT molecular complexity index is 506. The zero-order valence-corrected chi connectivity index (χ0v) is 8.65. The van der Waals surface area contributed by atoms with Crippen molar-refractivity contribution < 1.29 is 14.7 Å². The molecule has 0 bridgehead atoms. The van der Waals surface area contributed by atoms with Crippen LogP contribution in [0.2, 0.25) is 0 Å². The first-order valence-electron chi connectivity index (χ1n) is 4.77. The summed E-state index contributed by atoms with van der Waals surface area (Å²) in [5.41, 5.74) is 1.32. The fourth-order valence-corrected chi connectivity index (χ4v) is 1.72. The summed E-state index contributed by atoms with van der Waals surface area (Å²) in [6.07, 6.45) is 3.06. The topological polar surface area (TPSA) is 79.3 Å². The van der Waals surface area contributed by atoms with Crippen LogP contribution >= 0.6 is 0 Å². The molecule has 1 aromatic rings. The van der Waals surface area contributed by atoms with Crippen LogP contribution in [0.25, 0.3) is 6.08 Å². The van der Waals surface area contributed by atoms with Gasteiger partial charge in [-0.15, -0.1) is 0 Å². The Morgan fingerprint density at radius 3 is 2.94 bits per heavy atom. The highest BCUT2D eigenvalue weighted by Gasteiger charge is 2.25. The van der Waals surface area contributed by atoms with Crippen molar-refractivity contribution in [1.29, 1.82) is 0 Å². The monoisotopic (exact) mass is 218 g/mol. The van der Waals surface area contributed by atoms with E-state index >= 15 is 0 Å². The zero-order chi connectivity index (χ0) is 11.7. The number of hydrogen-bond acceptors (Lipinski definition) is 4. The Morgan fingerprint density at radius 1 is 1.56 bits per heavy atom. The number of pyridine rings is 1. The van der Waals surface area contributed by atoms with Gasteiger partial charge in [0, 0.05) is 25.2 Å². The maximum Gasteiger partial charge on any atom is 0.339 e. The minimum Gasteiger partial charge on any atom is -0.478 e. The Hall–Kier alpha value is -2.17. The van der Waals surface area contributed by atoms with E-state index in [-0.39, 0.29) is 17.8 Å². The van der Waals surface area contributed by atoms with Crippen LogP contribution in [-0.2, 0) is 16.0 Å². The van der Waals surface area contributed by atoms with Gasteiger partial charge in [0.1, 0.15) is 11.4 Å². The number of aromatic nitrogens is 1. The van der Waals surface area contributed by atoms with Crippen molar-refractivity contribution in [1.82, 2.24) is 4.98 Å². The van der Waals surface area contributed by atoms with E-state index in [0.29, 0.717) is 5.82 Å². The number of Topliss-reactive ketones (excluding diaryl/α,β-unsaturated/α-hetero) is 1. The summed E-state index contributed by atoms with van der Waals surface area (Å²) in [4.78, 5) is 26.4. The van der Waals surface area contributed by atoms with E-state index in [1.165, 1.54) is 6.08 Å². The summed E-state index contributed by atoms with van der Waals surface area (Å²) in [7, 11) is 1.71. The van der Waals surface area contributed by atoms with Gasteiger partial charge in [0.15, 0.2) is 5.78 Å². The molecule has 1 aromatic heterocycles. The number of nitrogens with zero attached hydrogens (tertiary/aromatic N) is 1. The van der Waals surface area contributed by atoms with E-state index in [0.717, 1.165) is 11.1 Å². The number of fused-ring (bicyclic) bond motifs is 1. The number of anilines is 1. The Balaban J connectivity index is 2.58. The predicted octanol–water partition coefficient (Wildman–Crippen LogP) is 0.717. The van der Waals surface area contributed by atoms with Crippen molar-refractivity contribution >= 4 is 23.6 Å². The number of carbonyl (C=O) groups excluding carboxylic acids is 1. The number of hydrogen-bond donors (Lipinski definition) is 2. The second-order valence-corrected chi connectivity index (χ2v) is 3.44. The lowest BCUT2D eigenvalue weighted by Gasteiger charge is -2.15. The second-order valence-electron chi connectivity index (χ2n) is 3.44. The highest BCUT2D eigenvalue weighted by molar-refractivity contribution is 6.22. The number of ketones is 1. The molecule has 0 fully saturated rings. The standard InChI is InChI=1S/C11H10N2O3/c1-12-10-7-5-9(14)8(11(15)16)4-6(7)2-3-13-10/h2-4H,5H2,1H3,(H,12,13)(H,15,16). The third kappa shape index (κ3) is 1.56. The van der Waals surface area contributed by atoms with Gasteiger partial charge in [0.2, 0.25) is 0 Å². The summed E-state index contributed by atoms with van der Waals surface area (Å²) in [6.45, 7) is 0. The molecule has 1 aliphatic rings. The third-order valence-corrected chi connectivity index (χ3v) is 2.50. The Morgan fingerprint density at radius 2 is 2.31 bits per heavy atom. The van der Waals surface area contributed by atoms with E-state index in [9.17, 15) is 9.59 Å². The van der Waals surface area contributed by atoms with E-state index in [2.05, 4.69) is 10.3 Å². The molecular weight excluding hydrogens is 208 g/mol. The van der Waals surface area contributed by atoms with Crippen LogP contribution in [0, 0.1) is 0 Å². The van der Waals surface area contributed by atoms with Crippen LogP contribution in [0.5, 0.6) is 0 Å². The number of aliphatic carboxylic acids is 1. The van der Waals surface area contributed by atoms with Crippen molar-refractivity contribution in [3.05, 3.63) is 29.0 Å². The third-order valence-electron chi connectivity index (χ3n) is 2.50. The lowest BCUT2D eigenvalue weighted by Crippen LogP contribution is -2.19. The first kappa shape index (κ1) is 10.4. The van der Waals surface area contributed by atoms with Crippen molar-refractivity contribution in [2.45, 2.75) is 6.42 Å². The first-order valence-corrected chi connectivity index (χ1v) is 4.77. The molecule has 1 heterocycles. The van der Waals surface area contributed by atoms with Crippen LogP contribution in [0.3, 0.4) is 0 Å². The number of carbonyl (C=O) groups is 2. The van der Waals surface area contributed by atoms with Crippen LogP contribution in [0.15, 0.2) is 17.8 Å². The molecule has 82 valence electrons. The van der Waals surface area contributed by atoms with Gasteiger partial charge in [-0.05, 0) is 17.7 Å². The first-order chi connectivity index (χ1) is 7.63. The quantitative estimate of drug-likeness (QED) is 0.715. The van der Waals surface area contributed by atoms with Gasteiger partial charge in [-0.3, -0.25) is 4.79 Å². The number of rotatable bonds is 2. The predicted molar refractivity (Wildman–Crippen MR) is 58.1 cm³/mol. The SMILES string of the molecule is CNc1nccc2c1CC(=O)C(C(=O)O)=C2. The molecule has 0 unspecified atom stereocenters. The molecule has 0 aliphatic heterocycles. The number of carboxylic acid groups (broad SMARTS) is 1. The van der Waals surface area contributed by atoms with E-state index < -0.39 is 5.97 Å². The van der Waals surface area contributed by atoms with Gasteiger partial charge in [0.25, 0.3) is 0 Å². The molecule has 1 aliphatic carbocycles. The number of carboxylic acids is 1. The molecule has 2 rings (SSSR count). The van der Waals surface area contributed by atoms with E-state index in [1.807, 2.05) is 0 Å². The summed E-state index contributed by atoms with van der Waals surface area (Å²) in [5.74, 6) is -0.950. The van der Waals surface area contributed by atoms with Crippen molar-refractivity contribution in [2.24, 2.45) is 0 Å². The van der Waals surface area contributed by atoms with Crippen molar-refractivity contribution in [2.75, 3.05) is 12.4 Å². The van der Waals surface area contributed by atoms with Crippen LogP contribution in [0.1, 0.15) is 11.1 Å². The van der Waals surface area contributed by atoms with E-state index in [4.69, 9.17) is 5.11 Å². The molecule has 0 saturated carbocycles. The molecular formula is C11H10N2O3. The average molecular weight is 218 g/mol. The zero-order valence-electron chi connectivity index (χ0n) is 8.65. The highest BCUT2D eigenvalue weighted by atomic mass is 16.4. The second kappa shape index (κ2) is 3.77. The fourth-order valence-electron chi connectivity index (χ4n) is 1.72. The Kier molecular flexibility index (Phi) is 2.44. The summed E-state index contributed by atoms with van der Waals surface area (Å²) >= 11 is 0. The highest BCUT2D eigenvalue weighted by Crippen LogP contribution is 2.26. The summed E-state index contributed by atoms with van der Waals surface area (Å²) in [5, 5.41) is 11.7. The van der Waals surface area contributed by atoms with Crippen molar-refractivity contribution in [3.63, 3.8) is 0 Å². The van der Waals surface area contributed by atoms with Crippen LogP contribution in [-0.4, -0.2) is 28.9 Å². The Labute approximate surface area is 91.8 Å². The summed E-state index contributed by atoms with van der Waals surface area (Å²) < 4.78 is 0. The van der Waals surface area contributed by atoms with Crippen molar-refractivity contribution in [3.8, 4) is 0 Å². The number of nitrogens with one attached hydrogen (secondary N) is 1. The smallest absolute Gasteiger partial charge is 0.339 e. The molecule has 5 heteroatoms. The maximum atomic E-state index is 11.6. The molecule has 0 spiro atoms. The molecule has 0 atom stereocenters. The molecule has 0 saturated heterocycles. The molecule has 0 aromatic carbocycles. The van der Waals surface area contributed by atoms with Gasteiger partial charge in [0.05, 0.1) is 0 Å². The minimum atomic E-state index is -1.18. The molecule has 0 amide bonds. The van der Waals surface area contributed by atoms with Gasteiger partial charge in [-0.1, -0.05) is 0 Å². The molecule has 16 heavy (non-hydrogen) atoms. The summed E-state index contributed by atoms with van der Waals surface area (Å²) in [6, 6.07) is 1.70.